The first-order chi connectivity index (χ1) is 8.70. The largest absolute Gasteiger partial charge is 0.358 e. The van der Waals surface area contributed by atoms with Crippen LogP contribution in [0.15, 0.2) is 28.7 Å². The van der Waals surface area contributed by atoms with Crippen molar-refractivity contribution in [2.75, 3.05) is 13.6 Å². The van der Waals surface area contributed by atoms with Gasteiger partial charge in [-0.15, -0.1) is 0 Å². The maximum atomic E-state index is 11.9. The average molecular weight is 311 g/mol. The van der Waals surface area contributed by atoms with Crippen molar-refractivity contribution in [3.05, 3.63) is 34.3 Å². The highest BCUT2D eigenvalue weighted by Gasteiger charge is 2.27. The molecule has 0 aromatic heterocycles. The lowest BCUT2D eigenvalue weighted by Crippen LogP contribution is -2.48. The van der Waals surface area contributed by atoms with Gasteiger partial charge in [-0.2, -0.15) is 0 Å². The summed E-state index contributed by atoms with van der Waals surface area (Å²) < 4.78 is 1.09. The Balaban J connectivity index is 2.05. The molecule has 0 saturated carbocycles. The number of rotatable bonds is 3. The van der Waals surface area contributed by atoms with Crippen molar-refractivity contribution in [3.8, 4) is 0 Å². The fourth-order valence-electron chi connectivity index (χ4n) is 2.47. The van der Waals surface area contributed by atoms with Gasteiger partial charge in [0.25, 0.3) is 0 Å². The molecule has 1 aromatic rings. The van der Waals surface area contributed by atoms with Crippen molar-refractivity contribution in [1.29, 1.82) is 0 Å². The third kappa shape index (κ3) is 3.33. The Morgan fingerprint density at radius 2 is 2.11 bits per heavy atom. The van der Waals surface area contributed by atoms with Crippen LogP contribution < -0.4 is 5.32 Å². The van der Waals surface area contributed by atoms with Gasteiger partial charge >= 0.3 is 0 Å². The highest BCUT2D eigenvalue weighted by atomic mass is 79.9. The molecule has 1 fully saturated rings. The highest BCUT2D eigenvalue weighted by molar-refractivity contribution is 9.10. The predicted octanol–water partition coefficient (Wildman–Crippen LogP) is 2.55. The molecule has 98 valence electrons. The molecule has 18 heavy (non-hydrogen) atoms. The van der Waals surface area contributed by atoms with Crippen molar-refractivity contribution < 1.29 is 4.79 Å². The van der Waals surface area contributed by atoms with E-state index in [1.165, 1.54) is 12.0 Å². The molecule has 1 amide bonds. The van der Waals surface area contributed by atoms with Gasteiger partial charge in [-0.3, -0.25) is 9.69 Å². The summed E-state index contributed by atoms with van der Waals surface area (Å²) in [7, 11) is 1.72. The van der Waals surface area contributed by atoms with Crippen LogP contribution in [0, 0.1) is 0 Å². The normalized spacial score (nSPS) is 20.7. The van der Waals surface area contributed by atoms with Crippen molar-refractivity contribution in [3.63, 3.8) is 0 Å². The quantitative estimate of drug-likeness (QED) is 0.930. The first-order valence-electron chi connectivity index (χ1n) is 6.41. The Morgan fingerprint density at radius 3 is 2.78 bits per heavy atom. The van der Waals surface area contributed by atoms with Crippen LogP contribution in [0.25, 0.3) is 0 Å². The molecule has 1 heterocycles. The van der Waals surface area contributed by atoms with Crippen molar-refractivity contribution >= 4 is 21.8 Å². The standard InChI is InChI=1S/C14H19BrN2O/c1-16-14(18)13-4-2-3-9-17(13)10-11-5-7-12(15)8-6-11/h5-8,13H,2-4,9-10H2,1H3,(H,16,18). The van der Waals surface area contributed by atoms with Crippen molar-refractivity contribution in [1.82, 2.24) is 10.2 Å². The zero-order chi connectivity index (χ0) is 13.0. The number of halogens is 1. The lowest BCUT2D eigenvalue weighted by atomic mass is 10.0. The van der Waals surface area contributed by atoms with Gasteiger partial charge in [-0.25, -0.2) is 0 Å². The number of piperidine rings is 1. The summed E-state index contributed by atoms with van der Waals surface area (Å²) in [5, 5.41) is 2.77. The molecule has 0 radical (unpaired) electrons. The molecule has 1 saturated heterocycles. The Bertz CT molecular complexity index is 405. The van der Waals surface area contributed by atoms with Gasteiger partial charge in [-0.05, 0) is 37.1 Å². The molecular weight excluding hydrogens is 292 g/mol. The van der Waals surface area contributed by atoms with Gasteiger partial charge in [0.1, 0.15) is 0 Å². The Morgan fingerprint density at radius 1 is 1.39 bits per heavy atom. The maximum absolute atomic E-state index is 11.9. The highest BCUT2D eigenvalue weighted by Crippen LogP contribution is 2.20. The molecule has 1 unspecified atom stereocenters. The van der Waals surface area contributed by atoms with Gasteiger partial charge in [0, 0.05) is 18.1 Å². The van der Waals surface area contributed by atoms with Crippen LogP contribution in [0.2, 0.25) is 0 Å². The van der Waals surface area contributed by atoms with Crippen molar-refractivity contribution in [2.24, 2.45) is 0 Å². The van der Waals surface area contributed by atoms with Gasteiger partial charge in [0.2, 0.25) is 5.91 Å². The first kappa shape index (κ1) is 13.6. The fourth-order valence-corrected chi connectivity index (χ4v) is 2.73. The van der Waals surface area contributed by atoms with E-state index >= 15 is 0 Å². The molecular formula is C14H19BrN2O. The Kier molecular flexibility index (Phi) is 4.78. The van der Waals surface area contributed by atoms with Crippen molar-refractivity contribution in [2.45, 2.75) is 31.8 Å². The maximum Gasteiger partial charge on any atom is 0.237 e. The number of carbonyl (C=O) groups excluding carboxylic acids is 1. The summed E-state index contributed by atoms with van der Waals surface area (Å²) >= 11 is 3.44. The van der Waals surface area contributed by atoms with E-state index < -0.39 is 0 Å². The SMILES string of the molecule is CNC(=O)C1CCCCN1Cc1ccc(Br)cc1. The number of hydrogen-bond donors (Lipinski definition) is 1. The number of likely N-dealkylation sites (tertiary alicyclic amines) is 1. The molecule has 0 bridgehead atoms. The third-order valence-corrected chi connectivity index (χ3v) is 3.99. The van der Waals surface area contributed by atoms with Crippen LogP contribution in [0.5, 0.6) is 0 Å². The van der Waals surface area contributed by atoms with E-state index in [0.29, 0.717) is 0 Å². The van der Waals surface area contributed by atoms with Crippen LogP contribution in [-0.2, 0) is 11.3 Å². The number of benzene rings is 1. The summed E-state index contributed by atoms with van der Waals surface area (Å²) in [5.74, 6) is 0.145. The fraction of sp³-hybridized carbons (Fsp3) is 0.500. The molecule has 1 aromatic carbocycles. The number of nitrogens with zero attached hydrogens (tertiary/aromatic N) is 1. The van der Waals surface area contributed by atoms with E-state index in [-0.39, 0.29) is 11.9 Å². The van der Waals surface area contributed by atoms with Crippen LogP contribution in [0.3, 0.4) is 0 Å². The molecule has 4 heteroatoms. The first-order valence-corrected chi connectivity index (χ1v) is 7.20. The second-order valence-electron chi connectivity index (χ2n) is 4.72. The van der Waals surface area contributed by atoms with E-state index in [4.69, 9.17) is 0 Å². The molecule has 1 N–H and O–H groups in total. The molecule has 0 aliphatic carbocycles. The van der Waals surface area contributed by atoms with E-state index in [9.17, 15) is 4.79 Å². The lowest BCUT2D eigenvalue weighted by molar-refractivity contribution is -0.127. The average Bonchev–Trinajstić information content (AvgIpc) is 2.41. The van der Waals surface area contributed by atoms with Gasteiger partial charge in [0.05, 0.1) is 6.04 Å². The van der Waals surface area contributed by atoms with Crippen LogP contribution in [0.4, 0.5) is 0 Å². The van der Waals surface area contributed by atoms with E-state index in [0.717, 1.165) is 30.4 Å². The minimum Gasteiger partial charge on any atom is -0.358 e. The third-order valence-electron chi connectivity index (χ3n) is 3.46. The minimum atomic E-state index is 0.0346. The van der Waals surface area contributed by atoms with E-state index in [2.05, 4.69) is 38.3 Å². The Hall–Kier alpha value is -0.870. The molecule has 0 spiro atoms. The zero-order valence-electron chi connectivity index (χ0n) is 10.7. The van der Waals surface area contributed by atoms with Gasteiger partial charge in [0.15, 0.2) is 0 Å². The van der Waals surface area contributed by atoms with Gasteiger partial charge in [-0.1, -0.05) is 34.5 Å². The second kappa shape index (κ2) is 6.34. The predicted molar refractivity (Wildman–Crippen MR) is 76.3 cm³/mol. The van der Waals surface area contributed by atoms with Crippen LogP contribution in [-0.4, -0.2) is 30.4 Å². The number of likely N-dealkylation sites (N-methyl/N-ethyl adjacent to an activating group) is 1. The number of amides is 1. The monoisotopic (exact) mass is 310 g/mol. The summed E-state index contributed by atoms with van der Waals surface area (Å²) in [6.07, 6.45) is 3.30. The smallest absolute Gasteiger partial charge is 0.237 e. The summed E-state index contributed by atoms with van der Waals surface area (Å²) in [5.41, 5.74) is 1.26. The van der Waals surface area contributed by atoms with E-state index in [1.54, 1.807) is 7.05 Å². The zero-order valence-corrected chi connectivity index (χ0v) is 12.2. The topological polar surface area (TPSA) is 32.3 Å². The molecule has 1 aliphatic rings. The number of nitrogens with one attached hydrogen (secondary N) is 1. The van der Waals surface area contributed by atoms with Gasteiger partial charge < -0.3 is 5.32 Å². The molecule has 1 aliphatic heterocycles. The minimum absolute atomic E-state index is 0.0346. The summed E-state index contributed by atoms with van der Waals surface area (Å²) in [4.78, 5) is 14.1. The lowest BCUT2D eigenvalue weighted by Gasteiger charge is -2.34. The summed E-state index contributed by atoms with van der Waals surface area (Å²) in [6, 6.07) is 8.36. The second-order valence-corrected chi connectivity index (χ2v) is 5.64. The Labute approximate surface area is 117 Å². The molecule has 2 rings (SSSR count). The number of carbonyl (C=O) groups is 1. The number of hydrogen-bond acceptors (Lipinski definition) is 2. The van der Waals surface area contributed by atoms with Crippen LogP contribution >= 0.6 is 15.9 Å². The van der Waals surface area contributed by atoms with Crippen LogP contribution in [0.1, 0.15) is 24.8 Å². The molecule has 3 nitrogen and oxygen atoms in total. The summed E-state index contributed by atoms with van der Waals surface area (Å²) in [6.45, 7) is 1.86. The van der Waals surface area contributed by atoms with E-state index in [1.807, 2.05) is 12.1 Å². The molecule has 1 atom stereocenters.